The zero-order chi connectivity index (χ0) is 37.8. The molecule has 56 heavy (non-hydrogen) atoms. The van der Waals surface area contributed by atoms with Gasteiger partial charge < -0.3 is 0 Å². The van der Waals surface area contributed by atoms with E-state index in [4.69, 9.17) is 9.97 Å². The largest absolute Gasteiger partial charge is 0.228 e. The van der Waals surface area contributed by atoms with Crippen molar-refractivity contribution in [1.29, 1.82) is 0 Å². The van der Waals surface area contributed by atoms with E-state index in [1.54, 1.807) is 0 Å². The molecule has 0 aliphatic heterocycles. The van der Waals surface area contributed by atoms with Crippen LogP contribution < -0.4 is 0 Å². The molecule has 0 fully saturated rings. The minimum absolute atomic E-state index is 0.105. The molecule has 0 atom stereocenters. The van der Waals surface area contributed by atoms with E-state index in [0.717, 1.165) is 39.3 Å². The molecule has 0 N–H and O–H groups in total. The fourth-order valence-electron chi connectivity index (χ4n) is 9.84. The van der Waals surface area contributed by atoms with Gasteiger partial charge in [-0.1, -0.05) is 179 Å². The molecule has 1 heterocycles. The summed E-state index contributed by atoms with van der Waals surface area (Å²) < 4.78 is 0. The number of benzene rings is 8. The summed E-state index contributed by atoms with van der Waals surface area (Å²) in [5.41, 5.74) is 18.1. The second kappa shape index (κ2) is 11.9. The molecule has 8 aromatic carbocycles. The van der Waals surface area contributed by atoms with Gasteiger partial charge in [0.2, 0.25) is 0 Å². The van der Waals surface area contributed by atoms with Crippen LogP contribution in [0, 0.1) is 0 Å². The number of fused-ring (bicyclic) bond motifs is 9. The van der Waals surface area contributed by atoms with E-state index in [0.29, 0.717) is 0 Å². The van der Waals surface area contributed by atoms with Crippen molar-refractivity contribution >= 4 is 21.5 Å². The van der Waals surface area contributed by atoms with Crippen molar-refractivity contribution in [2.24, 2.45) is 0 Å². The van der Waals surface area contributed by atoms with Crippen LogP contribution in [0.2, 0.25) is 0 Å². The highest BCUT2D eigenvalue weighted by Crippen LogP contribution is 2.55. The third kappa shape index (κ3) is 4.69. The first-order chi connectivity index (χ1) is 27.3. The van der Waals surface area contributed by atoms with Crippen LogP contribution in [-0.4, -0.2) is 9.97 Å². The van der Waals surface area contributed by atoms with Crippen LogP contribution in [0.1, 0.15) is 49.9 Å². The van der Waals surface area contributed by atoms with Crippen molar-refractivity contribution in [2.45, 2.75) is 38.5 Å². The number of hydrogen-bond donors (Lipinski definition) is 0. The first-order valence-corrected chi connectivity index (χ1v) is 19.7. The van der Waals surface area contributed by atoms with Crippen LogP contribution in [0.5, 0.6) is 0 Å². The quantitative estimate of drug-likeness (QED) is 0.181. The Morgan fingerprint density at radius 1 is 0.339 bits per heavy atom. The highest BCUT2D eigenvalue weighted by atomic mass is 14.9. The molecule has 0 saturated heterocycles. The predicted molar refractivity (Wildman–Crippen MR) is 234 cm³/mol. The summed E-state index contributed by atoms with van der Waals surface area (Å²) in [5, 5.41) is 4.91. The Morgan fingerprint density at radius 3 is 1.73 bits per heavy atom. The summed E-state index contributed by atoms with van der Waals surface area (Å²) in [6.45, 7) is 9.40. The Hall–Kier alpha value is -6.64. The molecular weight excluding hydrogens is 677 g/mol. The minimum Gasteiger partial charge on any atom is -0.228 e. The summed E-state index contributed by atoms with van der Waals surface area (Å²) in [6, 6.07) is 62.0. The number of aromatic nitrogens is 2. The SMILES string of the molecule is CC1(C)c2ccccc2-c2ccc(-c3cc(-c4ccccc4)nc(-c4ccc(-c5cccc6c5-c5c(ccc7ccccc57)C6(C)C)c5ccccc45)n3)cc21. The third-order valence-electron chi connectivity index (χ3n) is 12.7. The van der Waals surface area contributed by atoms with Crippen molar-refractivity contribution in [1.82, 2.24) is 9.97 Å². The van der Waals surface area contributed by atoms with Crippen molar-refractivity contribution < 1.29 is 0 Å². The lowest BCUT2D eigenvalue weighted by Crippen LogP contribution is -2.14. The maximum Gasteiger partial charge on any atom is 0.161 e. The Kier molecular flexibility index (Phi) is 6.98. The molecule has 9 aromatic rings. The van der Waals surface area contributed by atoms with E-state index in [9.17, 15) is 0 Å². The molecule has 2 aliphatic carbocycles. The fourth-order valence-corrected chi connectivity index (χ4v) is 9.84. The lowest BCUT2D eigenvalue weighted by molar-refractivity contribution is 0.660. The molecule has 0 spiro atoms. The van der Waals surface area contributed by atoms with Crippen LogP contribution in [0.15, 0.2) is 170 Å². The molecule has 0 radical (unpaired) electrons. The zero-order valence-corrected chi connectivity index (χ0v) is 32.1. The first-order valence-electron chi connectivity index (χ1n) is 19.7. The molecule has 11 rings (SSSR count). The maximum atomic E-state index is 5.40. The molecule has 0 saturated carbocycles. The van der Waals surface area contributed by atoms with Gasteiger partial charge in [0.1, 0.15) is 0 Å². The molecule has 2 aliphatic rings. The second-order valence-corrected chi connectivity index (χ2v) is 16.5. The fraction of sp³-hybridized carbons (Fsp3) is 0.111. The van der Waals surface area contributed by atoms with E-state index in [2.05, 4.69) is 198 Å². The van der Waals surface area contributed by atoms with E-state index in [1.807, 2.05) is 0 Å². The second-order valence-electron chi connectivity index (χ2n) is 16.5. The van der Waals surface area contributed by atoms with E-state index < -0.39 is 0 Å². The number of hydrogen-bond acceptors (Lipinski definition) is 2. The normalized spacial score (nSPS) is 14.4. The Labute approximate surface area is 328 Å². The Balaban J connectivity index is 1.11. The molecule has 1 aromatic heterocycles. The molecule has 266 valence electrons. The van der Waals surface area contributed by atoms with Gasteiger partial charge in [0.25, 0.3) is 0 Å². The summed E-state index contributed by atoms with van der Waals surface area (Å²) in [5.74, 6) is 0.725. The Morgan fingerprint density at radius 2 is 0.911 bits per heavy atom. The van der Waals surface area contributed by atoms with Gasteiger partial charge in [-0.25, -0.2) is 9.97 Å². The number of nitrogens with zero attached hydrogens (tertiary/aromatic N) is 2. The average molecular weight is 717 g/mol. The van der Waals surface area contributed by atoms with Gasteiger partial charge in [0, 0.05) is 27.5 Å². The lowest BCUT2D eigenvalue weighted by Gasteiger charge is -2.22. The van der Waals surface area contributed by atoms with Crippen molar-refractivity contribution in [2.75, 3.05) is 0 Å². The monoisotopic (exact) mass is 716 g/mol. The predicted octanol–water partition coefficient (Wildman–Crippen LogP) is 14.1. The number of rotatable bonds is 4. The van der Waals surface area contributed by atoms with Gasteiger partial charge in [-0.05, 0) is 95.4 Å². The van der Waals surface area contributed by atoms with Crippen molar-refractivity contribution in [3.05, 3.63) is 192 Å². The van der Waals surface area contributed by atoms with Crippen LogP contribution in [-0.2, 0) is 10.8 Å². The van der Waals surface area contributed by atoms with E-state index in [1.165, 1.54) is 71.8 Å². The molecule has 0 unspecified atom stereocenters. The smallest absolute Gasteiger partial charge is 0.161 e. The lowest BCUT2D eigenvalue weighted by atomic mass is 9.81. The summed E-state index contributed by atoms with van der Waals surface area (Å²) in [6.07, 6.45) is 0. The maximum absolute atomic E-state index is 5.40. The highest BCUT2D eigenvalue weighted by Gasteiger charge is 2.38. The van der Waals surface area contributed by atoms with E-state index >= 15 is 0 Å². The van der Waals surface area contributed by atoms with Crippen LogP contribution in [0.4, 0.5) is 0 Å². The van der Waals surface area contributed by atoms with Gasteiger partial charge in [-0.15, -0.1) is 0 Å². The van der Waals surface area contributed by atoms with Gasteiger partial charge in [-0.2, -0.15) is 0 Å². The zero-order valence-electron chi connectivity index (χ0n) is 32.1. The van der Waals surface area contributed by atoms with Gasteiger partial charge in [0.05, 0.1) is 11.4 Å². The van der Waals surface area contributed by atoms with E-state index in [-0.39, 0.29) is 10.8 Å². The minimum atomic E-state index is -0.113. The van der Waals surface area contributed by atoms with Gasteiger partial charge >= 0.3 is 0 Å². The summed E-state index contributed by atoms with van der Waals surface area (Å²) >= 11 is 0. The first kappa shape index (κ1) is 32.8. The van der Waals surface area contributed by atoms with Gasteiger partial charge in [0.15, 0.2) is 5.82 Å². The molecule has 2 heteroatoms. The third-order valence-corrected chi connectivity index (χ3v) is 12.7. The standard InChI is InChI=1S/C54H40N2/c1-53(2)44-23-13-12-21-40(44)41-27-25-35(31-47(41)53)49-32-48(34-16-6-5-7-17-34)55-52(56-49)43-29-28-39(37-19-10-11-20-38(37)43)42-22-14-24-45-51(42)50-36-18-9-8-15-33(36)26-30-46(50)54(45,3)4/h5-32H,1-4H3. The van der Waals surface area contributed by atoms with Crippen molar-refractivity contribution in [3.63, 3.8) is 0 Å². The molecule has 2 nitrogen and oxygen atoms in total. The highest BCUT2D eigenvalue weighted by molar-refractivity contribution is 6.11. The van der Waals surface area contributed by atoms with Crippen molar-refractivity contribution in [3.8, 4) is 67.3 Å². The van der Waals surface area contributed by atoms with Crippen LogP contribution in [0.25, 0.3) is 88.8 Å². The summed E-state index contributed by atoms with van der Waals surface area (Å²) in [4.78, 5) is 10.7. The van der Waals surface area contributed by atoms with Crippen LogP contribution >= 0.6 is 0 Å². The van der Waals surface area contributed by atoms with Gasteiger partial charge in [-0.3, -0.25) is 0 Å². The molecule has 0 amide bonds. The molecule has 0 bridgehead atoms. The Bertz CT molecular complexity index is 3080. The topological polar surface area (TPSA) is 25.8 Å². The van der Waals surface area contributed by atoms with Crippen LogP contribution in [0.3, 0.4) is 0 Å². The summed E-state index contributed by atoms with van der Waals surface area (Å²) in [7, 11) is 0. The molecular formula is C54H40N2. The average Bonchev–Trinajstić information content (AvgIpc) is 3.63.